The lowest BCUT2D eigenvalue weighted by Crippen LogP contribution is -2.47. The summed E-state index contributed by atoms with van der Waals surface area (Å²) in [7, 11) is 1.92. The first-order chi connectivity index (χ1) is 14.6. The molecular formula is C24H30N4O2. The number of likely N-dealkylation sites (N-methyl/N-ethyl adjacent to an activating group) is 1. The molecule has 30 heavy (non-hydrogen) atoms. The second-order valence-corrected chi connectivity index (χ2v) is 8.35. The van der Waals surface area contributed by atoms with Crippen LogP contribution in [0.1, 0.15) is 36.0 Å². The van der Waals surface area contributed by atoms with Gasteiger partial charge in [0, 0.05) is 62.9 Å². The summed E-state index contributed by atoms with van der Waals surface area (Å²) in [5.41, 5.74) is 1.84. The summed E-state index contributed by atoms with van der Waals surface area (Å²) in [5, 5.41) is 0. The van der Waals surface area contributed by atoms with Crippen molar-refractivity contribution in [3.63, 3.8) is 0 Å². The van der Waals surface area contributed by atoms with Crippen molar-refractivity contribution in [2.45, 2.75) is 31.7 Å². The lowest BCUT2D eigenvalue weighted by atomic mass is 10.0. The van der Waals surface area contributed by atoms with Crippen LogP contribution in [0.3, 0.4) is 0 Å². The number of rotatable bonds is 4. The van der Waals surface area contributed by atoms with E-state index < -0.39 is 0 Å². The molecule has 4 rings (SSSR count). The molecule has 6 nitrogen and oxygen atoms in total. The Balaban J connectivity index is 1.40. The predicted molar refractivity (Wildman–Crippen MR) is 117 cm³/mol. The number of anilines is 1. The Bertz CT molecular complexity index is 858. The van der Waals surface area contributed by atoms with Crippen molar-refractivity contribution in [2.75, 3.05) is 38.1 Å². The summed E-state index contributed by atoms with van der Waals surface area (Å²) in [4.78, 5) is 36.4. The SMILES string of the molecule is CN(C(=O)C1CCN(c2ccncc2)C1)C1CCCCN(C(=O)c2ccccc2)C1. The van der Waals surface area contributed by atoms with E-state index in [4.69, 9.17) is 0 Å². The Morgan fingerprint density at radius 2 is 1.73 bits per heavy atom. The summed E-state index contributed by atoms with van der Waals surface area (Å²) in [6, 6.07) is 13.5. The minimum atomic E-state index is 0.00435. The molecule has 0 bridgehead atoms. The highest BCUT2D eigenvalue weighted by Gasteiger charge is 2.34. The van der Waals surface area contributed by atoms with Crippen LogP contribution in [0, 0.1) is 5.92 Å². The van der Waals surface area contributed by atoms with E-state index in [1.54, 1.807) is 12.4 Å². The molecule has 158 valence electrons. The molecule has 6 heteroatoms. The third-order valence-corrected chi connectivity index (χ3v) is 6.42. The number of hydrogen-bond acceptors (Lipinski definition) is 4. The fourth-order valence-electron chi connectivity index (χ4n) is 4.60. The normalized spacial score (nSPS) is 21.9. The number of likely N-dealkylation sites (tertiary alicyclic amines) is 1. The van der Waals surface area contributed by atoms with Crippen LogP contribution in [0.5, 0.6) is 0 Å². The smallest absolute Gasteiger partial charge is 0.253 e. The highest BCUT2D eigenvalue weighted by Crippen LogP contribution is 2.26. The molecule has 2 atom stereocenters. The van der Waals surface area contributed by atoms with E-state index in [-0.39, 0.29) is 23.8 Å². The van der Waals surface area contributed by atoms with E-state index in [2.05, 4.69) is 9.88 Å². The molecule has 0 N–H and O–H groups in total. The van der Waals surface area contributed by atoms with Crippen LogP contribution in [0.2, 0.25) is 0 Å². The molecule has 2 saturated heterocycles. The second kappa shape index (κ2) is 9.28. The number of carbonyl (C=O) groups excluding carboxylic acids is 2. The fraction of sp³-hybridized carbons (Fsp3) is 0.458. The summed E-state index contributed by atoms with van der Waals surface area (Å²) < 4.78 is 0. The quantitative estimate of drug-likeness (QED) is 0.783. The van der Waals surface area contributed by atoms with Gasteiger partial charge in [-0.25, -0.2) is 0 Å². The molecule has 0 saturated carbocycles. The Hall–Kier alpha value is -2.89. The Morgan fingerprint density at radius 3 is 2.50 bits per heavy atom. The first-order valence-corrected chi connectivity index (χ1v) is 10.9. The number of benzene rings is 1. The van der Waals surface area contributed by atoms with Gasteiger partial charge in [-0.05, 0) is 49.9 Å². The largest absolute Gasteiger partial charge is 0.371 e. The van der Waals surface area contributed by atoms with Crippen molar-refractivity contribution in [3.05, 3.63) is 60.4 Å². The van der Waals surface area contributed by atoms with Gasteiger partial charge < -0.3 is 14.7 Å². The van der Waals surface area contributed by atoms with Crippen LogP contribution >= 0.6 is 0 Å². The van der Waals surface area contributed by atoms with Crippen molar-refractivity contribution in [1.29, 1.82) is 0 Å². The van der Waals surface area contributed by atoms with Gasteiger partial charge in [0.05, 0.1) is 5.92 Å². The van der Waals surface area contributed by atoms with Crippen LogP contribution in [-0.4, -0.2) is 65.9 Å². The zero-order chi connectivity index (χ0) is 20.9. The van der Waals surface area contributed by atoms with Crippen LogP contribution in [0.4, 0.5) is 5.69 Å². The zero-order valence-corrected chi connectivity index (χ0v) is 17.6. The van der Waals surface area contributed by atoms with Gasteiger partial charge in [-0.1, -0.05) is 18.2 Å². The van der Waals surface area contributed by atoms with Gasteiger partial charge in [0.1, 0.15) is 0 Å². The molecule has 2 aliphatic rings. The van der Waals surface area contributed by atoms with E-state index in [0.717, 1.165) is 56.6 Å². The van der Waals surface area contributed by atoms with Gasteiger partial charge >= 0.3 is 0 Å². The molecule has 3 heterocycles. The molecule has 1 aromatic carbocycles. The number of amides is 2. The first-order valence-electron chi connectivity index (χ1n) is 10.9. The van der Waals surface area contributed by atoms with Crippen molar-refractivity contribution in [2.24, 2.45) is 5.92 Å². The Labute approximate surface area is 178 Å². The zero-order valence-electron chi connectivity index (χ0n) is 17.6. The topological polar surface area (TPSA) is 56.8 Å². The average molecular weight is 407 g/mol. The van der Waals surface area contributed by atoms with Crippen LogP contribution in [-0.2, 0) is 4.79 Å². The van der Waals surface area contributed by atoms with Gasteiger partial charge in [-0.3, -0.25) is 14.6 Å². The first kappa shape index (κ1) is 20.4. The van der Waals surface area contributed by atoms with E-state index in [0.29, 0.717) is 6.54 Å². The van der Waals surface area contributed by atoms with Gasteiger partial charge in [0.25, 0.3) is 5.91 Å². The van der Waals surface area contributed by atoms with Crippen molar-refractivity contribution < 1.29 is 9.59 Å². The van der Waals surface area contributed by atoms with Crippen molar-refractivity contribution in [1.82, 2.24) is 14.8 Å². The maximum Gasteiger partial charge on any atom is 0.253 e. The number of pyridine rings is 1. The predicted octanol–water partition coefficient (Wildman–Crippen LogP) is 3.06. The third kappa shape index (κ3) is 4.48. The fourth-order valence-corrected chi connectivity index (χ4v) is 4.60. The number of aromatic nitrogens is 1. The van der Waals surface area contributed by atoms with Crippen LogP contribution in [0.25, 0.3) is 0 Å². The molecule has 0 radical (unpaired) electrons. The van der Waals surface area contributed by atoms with Gasteiger partial charge in [-0.15, -0.1) is 0 Å². The molecule has 2 fully saturated rings. The molecule has 0 spiro atoms. The lowest BCUT2D eigenvalue weighted by Gasteiger charge is -2.33. The molecular weight excluding hydrogens is 376 g/mol. The number of hydrogen-bond donors (Lipinski definition) is 0. The minimum absolute atomic E-state index is 0.00435. The summed E-state index contributed by atoms with van der Waals surface area (Å²) in [6.07, 6.45) is 7.42. The standard InChI is InChI=1S/C24H30N4O2/c1-26(23(29)20-12-16-27(17-20)21-10-13-25-14-11-21)22-9-5-6-15-28(18-22)24(30)19-7-3-2-4-8-19/h2-4,7-8,10-11,13-14,20,22H,5-6,9,12,15-18H2,1H3. The van der Waals surface area contributed by atoms with Crippen LogP contribution < -0.4 is 4.90 Å². The molecule has 2 unspecified atom stereocenters. The molecule has 2 aliphatic heterocycles. The highest BCUT2D eigenvalue weighted by atomic mass is 16.2. The molecule has 2 amide bonds. The minimum Gasteiger partial charge on any atom is -0.371 e. The Morgan fingerprint density at radius 1 is 0.967 bits per heavy atom. The van der Waals surface area contributed by atoms with E-state index in [1.807, 2.05) is 59.3 Å². The Kier molecular flexibility index (Phi) is 6.31. The molecule has 1 aromatic heterocycles. The van der Waals surface area contributed by atoms with Gasteiger partial charge in [0.15, 0.2) is 0 Å². The summed E-state index contributed by atoms with van der Waals surface area (Å²) in [6.45, 7) is 2.99. The lowest BCUT2D eigenvalue weighted by molar-refractivity contribution is -0.136. The van der Waals surface area contributed by atoms with E-state index >= 15 is 0 Å². The van der Waals surface area contributed by atoms with E-state index in [1.165, 1.54) is 0 Å². The van der Waals surface area contributed by atoms with Crippen molar-refractivity contribution in [3.8, 4) is 0 Å². The van der Waals surface area contributed by atoms with Crippen LogP contribution in [0.15, 0.2) is 54.9 Å². The highest BCUT2D eigenvalue weighted by molar-refractivity contribution is 5.94. The maximum atomic E-state index is 13.3. The molecule has 0 aliphatic carbocycles. The number of carbonyl (C=O) groups is 2. The van der Waals surface area contributed by atoms with Gasteiger partial charge in [-0.2, -0.15) is 0 Å². The monoisotopic (exact) mass is 406 g/mol. The average Bonchev–Trinajstić information content (AvgIpc) is 3.17. The maximum absolute atomic E-state index is 13.3. The summed E-state index contributed by atoms with van der Waals surface area (Å²) >= 11 is 0. The van der Waals surface area contributed by atoms with Crippen molar-refractivity contribution >= 4 is 17.5 Å². The number of nitrogens with zero attached hydrogens (tertiary/aromatic N) is 4. The van der Waals surface area contributed by atoms with Gasteiger partial charge in [0.2, 0.25) is 5.91 Å². The third-order valence-electron chi connectivity index (χ3n) is 6.42. The second-order valence-electron chi connectivity index (χ2n) is 8.35. The molecule has 2 aromatic rings. The summed E-state index contributed by atoms with van der Waals surface area (Å²) in [5.74, 6) is 0.267. The van der Waals surface area contributed by atoms with E-state index in [9.17, 15) is 9.59 Å².